The molecule has 0 radical (unpaired) electrons. The van der Waals surface area contributed by atoms with E-state index in [-0.39, 0.29) is 0 Å². The number of nitrogens with one attached hydrogen (secondary N) is 1. The third-order valence-electron chi connectivity index (χ3n) is 4.59. The predicted molar refractivity (Wildman–Crippen MR) is 77.8 cm³/mol. The molecule has 0 atom stereocenters. The number of fused-ring (bicyclic) bond motifs is 1. The average Bonchev–Trinajstić information content (AvgIpc) is 3.28. The zero-order valence-corrected chi connectivity index (χ0v) is 12.3. The van der Waals surface area contributed by atoms with Crippen LogP contribution in [0.4, 0.5) is 0 Å². The molecule has 0 amide bonds. The molecular formula is C14H20N4S. The number of nitrogens with zero attached hydrogens (tertiary/aromatic N) is 3. The van der Waals surface area contributed by atoms with Crippen LogP contribution in [0.2, 0.25) is 0 Å². The van der Waals surface area contributed by atoms with E-state index in [1.807, 2.05) is 0 Å². The van der Waals surface area contributed by atoms with Gasteiger partial charge in [-0.25, -0.2) is 4.68 Å². The van der Waals surface area contributed by atoms with Crippen LogP contribution >= 0.6 is 12.2 Å². The van der Waals surface area contributed by atoms with Crippen molar-refractivity contribution in [1.29, 1.82) is 0 Å². The molecule has 1 N–H and O–H groups in total. The Kier molecular flexibility index (Phi) is 2.43. The third-order valence-corrected chi connectivity index (χ3v) is 4.89. The van der Waals surface area contributed by atoms with E-state index in [9.17, 15) is 0 Å². The molecule has 0 aromatic carbocycles. The maximum atomic E-state index is 5.61. The van der Waals surface area contributed by atoms with Gasteiger partial charge in [0.25, 0.3) is 0 Å². The minimum Gasteiger partial charge on any atom is -0.328 e. The van der Waals surface area contributed by atoms with Crippen molar-refractivity contribution in [1.82, 2.24) is 19.3 Å². The van der Waals surface area contributed by atoms with Gasteiger partial charge in [-0.15, -0.1) is 0 Å². The summed E-state index contributed by atoms with van der Waals surface area (Å²) < 4.78 is 5.39. The quantitative estimate of drug-likeness (QED) is 0.867. The van der Waals surface area contributed by atoms with Gasteiger partial charge in [0.2, 0.25) is 0 Å². The summed E-state index contributed by atoms with van der Waals surface area (Å²) in [6.45, 7) is 5.11. The molecule has 2 aliphatic carbocycles. The Bertz CT molecular complexity index is 672. The summed E-state index contributed by atoms with van der Waals surface area (Å²) in [7, 11) is 0. The van der Waals surface area contributed by atoms with Crippen LogP contribution in [0.5, 0.6) is 0 Å². The lowest BCUT2D eigenvalue weighted by atomic mass is 10.1. The van der Waals surface area contributed by atoms with Crippen LogP contribution in [0.15, 0.2) is 0 Å². The Balaban J connectivity index is 1.96. The molecule has 2 saturated carbocycles. The lowest BCUT2D eigenvalue weighted by molar-refractivity contribution is 0.393. The number of imidazole rings is 1. The van der Waals surface area contributed by atoms with E-state index in [1.165, 1.54) is 31.3 Å². The molecule has 2 aromatic heterocycles. The largest absolute Gasteiger partial charge is 0.328 e. The molecule has 0 aliphatic heterocycles. The Morgan fingerprint density at radius 2 is 1.95 bits per heavy atom. The summed E-state index contributed by atoms with van der Waals surface area (Å²) in [4.78, 5) is 3.39. The fraction of sp³-hybridized carbons (Fsp3) is 0.714. The first-order valence-electron chi connectivity index (χ1n) is 7.38. The van der Waals surface area contributed by atoms with Crippen LogP contribution < -0.4 is 0 Å². The molecular weight excluding hydrogens is 256 g/mol. The lowest BCUT2D eigenvalue weighted by Crippen LogP contribution is -2.16. The van der Waals surface area contributed by atoms with Crippen LogP contribution in [0.1, 0.15) is 44.3 Å². The van der Waals surface area contributed by atoms with Gasteiger partial charge in [-0.1, -0.05) is 0 Å². The van der Waals surface area contributed by atoms with E-state index >= 15 is 0 Å². The van der Waals surface area contributed by atoms with E-state index in [0.29, 0.717) is 6.04 Å². The summed E-state index contributed by atoms with van der Waals surface area (Å²) in [5.41, 5.74) is 3.42. The molecule has 4 nitrogen and oxygen atoms in total. The van der Waals surface area contributed by atoms with Gasteiger partial charge in [0.15, 0.2) is 10.4 Å². The molecule has 5 heteroatoms. The molecule has 0 unspecified atom stereocenters. The zero-order chi connectivity index (χ0) is 13.1. The van der Waals surface area contributed by atoms with Crippen molar-refractivity contribution in [2.75, 3.05) is 0 Å². The molecule has 19 heavy (non-hydrogen) atoms. The molecule has 4 rings (SSSR count). The van der Waals surface area contributed by atoms with Crippen LogP contribution in [-0.2, 0) is 6.54 Å². The summed E-state index contributed by atoms with van der Waals surface area (Å²) in [6.07, 6.45) is 5.48. The highest BCUT2D eigenvalue weighted by Gasteiger charge is 2.43. The highest BCUT2D eigenvalue weighted by Crippen LogP contribution is 2.52. The van der Waals surface area contributed by atoms with Crippen LogP contribution in [0.25, 0.3) is 11.2 Å². The number of aromatic amines is 1. The Morgan fingerprint density at radius 1 is 1.32 bits per heavy atom. The van der Waals surface area contributed by atoms with Crippen molar-refractivity contribution in [2.24, 2.45) is 11.8 Å². The summed E-state index contributed by atoms with van der Waals surface area (Å²) in [5, 5.41) is 4.63. The van der Waals surface area contributed by atoms with Gasteiger partial charge in [-0.3, -0.25) is 4.57 Å². The summed E-state index contributed by atoms with van der Waals surface area (Å²) in [5.74, 6) is 1.69. The Labute approximate surface area is 117 Å². The molecule has 0 saturated heterocycles. The topological polar surface area (TPSA) is 38.5 Å². The number of hydrogen-bond donors (Lipinski definition) is 1. The van der Waals surface area contributed by atoms with Crippen LogP contribution in [0.3, 0.4) is 0 Å². The molecule has 0 bridgehead atoms. The van der Waals surface area contributed by atoms with E-state index in [2.05, 4.69) is 33.2 Å². The van der Waals surface area contributed by atoms with E-state index < -0.39 is 0 Å². The standard InChI is InChI=1S/C14H20N4S/c1-3-17-13-11(8(2)16-17)15-14(19)18(13)12(9-4-5-9)10-6-7-10/h9-10,12H,3-7H2,1-2H3,(H,15,19). The summed E-state index contributed by atoms with van der Waals surface area (Å²) >= 11 is 5.61. The van der Waals surface area contributed by atoms with Gasteiger partial charge in [-0.2, -0.15) is 5.10 Å². The number of rotatable bonds is 4. The fourth-order valence-electron chi connectivity index (χ4n) is 3.40. The molecule has 2 fully saturated rings. The van der Waals surface area contributed by atoms with Gasteiger partial charge in [0, 0.05) is 12.6 Å². The number of hydrogen-bond acceptors (Lipinski definition) is 2. The second-order valence-electron chi connectivity index (χ2n) is 6.07. The Hall–Kier alpha value is -1.10. The third kappa shape index (κ3) is 1.71. The lowest BCUT2D eigenvalue weighted by Gasteiger charge is -2.18. The van der Waals surface area contributed by atoms with Gasteiger partial charge >= 0.3 is 0 Å². The van der Waals surface area contributed by atoms with E-state index in [1.54, 1.807) is 0 Å². The van der Waals surface area contributed by atoms with E-state index in [4.69, 9.17) is 12.2 Å². The monoisotopic (exact) mass is 276 g/mol. The molecule has 2 aliphatic rings. The molecule has 102 valence electrons. The number of aromatic nitrogens is 4. The highest BCUT2D eigenvalue weighted by molar-refractivity contribution is 7.71. The van der Waals surface area contributed by atoms with Crippen molar-refractivity contribution in [3.05, 3.63) is 10.5 Å². The van der Waals surface area contributed by atoms with Crippen LogP contribution in [0, 0.1) is 23.5 Å². The van der Waals surface area contributed by atoms with Crippen molar-refractivity contribution >= 4 is 23.4 Å². The second kappa shape index (κ2) is 3.95. The van der Waals surface area contributed by atoms with E-state index in [0.717, 1.165) is 34.4 Å². The minimum atomic E-state index is 0.614. The maximum Gasteiger partial charge on any atom is 0.179 e. The highest BCUT2D eigenvalue weighted by atomic mass is 32.1. The fourth-order valence-corrected chi connectivity index (χ4v) is 3.71. The number of H-pyrrole nitrogens is 1. The minimum absolute atomic E-state index is 0.614. The molecule has 2 aromatic rings. The second-order valence-corrected chi connectivity index (χ2v) is 6.45. The van der Waals surface area contributed by atoms with Crippen LogP contribution in [-0.4, -0.2) is 19.3 Å². The summed E-state index contributed by atoms with van der Waals surface area (Å²) in [6, 6.07) is 0.614. The molecule has 0 spiro atoms. The molecule has 2 heterocycles. The van der Waals surface area contributed by atoms with Gasteiger partial charge in [-0.05, 0) is 63.6 Å². The number of aryl methyl sites for hydroxylation is 2. The first-order valence-corrected chi connectivity index (χ1v) is 7.79. The van der Waals surface area contributed by atoms with Gasteiger partial charge < -0.3 is 4.98 Å². The first kappa shape index (κ1) is 11.7. The zero-order valence-electron chi connectivity index (χ0n) is 11.5. The smallest absolute Gasteiger partial charge is 0.179 e. The SMILES string of the molecule is CCn1nc(C)c2[nH]c(=S)n(C(C3CC3)C3CC3)c21. The van der Waals surface area contributed by atoms with Gasteiger partial charge in [0.05, 0.1) is 5.69 Å². The van der Waals surface area contributed by atoms with Crippen molar-refractivity contribution in [3.63, 3.8) is 0 Å². The van der Waals surface area contributed by atoms with Crippen molar-refractivity contribution in [2.45, 2.75) is 52.1 Å². The Morgan fingerprint density at radius 3 is 2.47 bits per heavy atom. The predicted octanol–water partition coefficient (Wildman–Crippen LogP) is 3.58. The first-order chi connectivity index (χ1) is 9.20. The van der Waals surface area contributed by atoms with Crippen molar-refractivity contribution in [3.8, 4) is 0 Å². The normalized spacial score (nSPS) is 19.7. The van der Waals surface area contributed by atoms with Crippen molar-refractivity contribution < 1.29 is 0 Å². The maximum absolute atomic E-state index is 5.61. The average molecular weight is 276 g/mol. The van der Waals surface area contributed by atoms with Gasteiger partial charge in [0.1, 0.15) is 5.52 Å².